The quantitative estimate of drug-likeness (QED) is 0.743. The molecule has 116 valence electrons. The third-order valence-electron chi connectivity index (χ3n) is 3.71. The normalized spacial score (nSPS) is 25.9. The number of carboxylic acid groups (broad SMARTS) is 1. The minimum Gasteiger partial charge on any atom is -0.479 e. The number of urea groups is 1. The first-order chi connectivity index (χ1) is 9.06. The Morgan fingerprint density at radius 1 is 1.30 bits per heavy atom. The number of carbonyl (C=O) groups is 2. The lowest BCUT2D eigenvalue weighted by atomic mass is 10.0. The van der Waals surface area contributed by atoms with E-state index >= 15 is 0 Å². The molecule has 1 fully saturated rings. The van der Waals surface area contributed by atoms with Crippen LogP contribution in [0.1, 0.15) is 33.1 Å². The third kappa shape index (κ3) is 3.77. The van der Waals surface area contributed by atoms with Crippen molar-refractivity contribution < 1.29 is 27.9 Å². The lowest BCUT2D eigenvalue weighted by Gasteiger charge is -2.28. The number of nitrogens with one attached hydrogen (secondary N) is 2. The zero-order valence-corrected chi connectivity index (χ0v) is 11.4. The highest BCUT2D eigenvalue weighted by Crippen LogP contribution is 2.31. The van der Waals surface area contributed by atoms with Crippen LogP contribution >= 0.6 is 0 Å². The van der Waals surface area contributed by atoms with Gasteiger partial charge in [0, 0.05) is 6.54 Å². The molecule has 5 nitrogen and oxygen atoms in total. The molecule has 3 unspecified atom stereocenters. The van der Waals surface area contributed by atoms with Crippen molar-refractivity contribution in [2.45, 2.75) is 44.8 Å². The highest BCUT2D eigenvalue weighted by molar-refractivity contribution is 5.86. The number of carboxylic acids is 1. The fourth-order valence-electron chi connectivity index (χ4n) is 2.26. The molecule has 1 saturated carbocycles. The van der Waals surface area contributed by atoms with Crippen LogP contribution in [0.2, 0.25) is 0 Å². The van der Waals surface area contributed by atoms with Gasteiger partial charge in [-0.1, -0.05) is 13.3 Å². The van der Waals surface area contributed by atoms with Crippen molar-refractivity contribution in [1.82, 2.24) is 10.6 Å². The molecule has 0 aliphatic heterocycles. The van der Waals surface area contributed by atoms with Gasteiger partial charge in [0.15, 0.2) is 0 Å². The maximum atomic E-state index is 12.7. The highest BCUT2D eigenvalue weighted by Gasteiger charge is 2.58. The summed E-state index contributed by atoms with van der Waals surface area (Å²) in [5.41, 5.74) is -3.29. The first-order valence-corrected chi connectivity index (χ1v) is 6.42. The number of alkyl halides is 3. The second-order valence-electron chi connectivity index (χ2n) is 5.55. The number of hydrogen-bond donors (Lipinski definition) is 3. The van der Waals surface area contributed by atoms with E-state index < -0.39 is 23.7 Å². The molecule has 0 heterocycles. The molecule has 1 rings (SSSR count). The van der Waals surface area contributed by atoms with Gasteiger partial charge in [0.1, 0.15) is 0 Å². The topological polar surface area (TPSA) is 78.4 Å². The summed E-state index contributed by atoms with van der Waals surface area (Å²) in [5.74, 6) is -1.36. The molecular weight excluding hydrogens is 277 g/mol. The van der Waals surface area contributed by atoms with Gasteiger partial charge >= 0.3 is 18.2 Å². The van der Waals surface area contributed by atoms with E-state index in [1.165, 1.54) is 5.32 Å². The second-order valence-corrected chi connectivity index (χ2v) is 5.55. The monoisotopic (exact) mass is 296 g/mol. The number of rotatable bonds is 4. The van der Waals surface area contributed by atoms with Crippen LogP contribution < -0.4 is 10.6 Å². The standard InChI is InChI=1S/C12H19F3N2O3/c1-7-3-4-8(5-7)6-16-10(20)17-11(2,9(18)19)12(13,14)15/h7-8H,3-6H2,1-2H3,(H,18,19)(H2,16,17,20). The Bertz CT molecular complexity index is 387. The zero-order valence-electron chi connectivity index (χ0n) is 11.4. The van der Waals surface area contributed by atoms with E-state index in [4.69, 9.17) is 5.11 Å². The summed E-state index contributed by atoms with van der Waals surface area (Å²) in [6, 6.07) is -1.12. The molecule has 0 aromatic heterocycles. The third-order valence-corrected chi connectivity index (χ3v) is 3.71. The molecule has 1 aliphatic rings. The Hall–Kier alpha value is -1.47. The Morgan fingerprint density at radius 2 is 1.90 bits per heavy atom. The lowest BCUT2D eigenvalue weighted by molar-refractivity contribution is -0.203. The number of halogens is 3. The van der Waals surface area contributed by atoms with Gasteiger partial charge in [-0.2, -0.15) is 13.2 Å². The molecule has 2 amide bonds. The predicted molar refractivity (Wildman–Crippen MR) is 65.1 cm³/mol. The maximum Gasteiger partial charge on any atom is 0.422 e. The lowest BCUT2D eigenvalue weighted by Crippen LogP contribution is -2.63. The number of hydrogen-bond acceptors (Lipinski definition) is 2. The number of amides is 2. The molecule has 0 aromatic rings. The summed E-state index contributed by atoms with van der Waals surface area (Å²) in [6.45, 7) is 2.75. The Kier molecular flexibility index (Phi) is 4.88. The summed E-state index contributed by atoms with van der Waals surface area (Å²) in [6.07, 6.45) is -2.21. The summed E-state index contributed by atoms with van der Waals surface area (Å²) >= 11 is 0. The maximum absolute atomic E-state index is 12.7. The Labute approximate surface area is 114 Å². The smallest absolute Gasteiger partial charge is 0.422 e. The molecule has 8 heteroatoms. The molecule has 1 aliphatic carbocycles. The summed E-state index contributed by atoms with van der Waals surface area (Å²) in [5, 5.41) is 12.5. The van der Waals surface area contributed by atoms with E-state index in [1.54, 1.807) is 0 Å². The van der Waals surface area contributed by atoms with Crippen molar-refractivity contribution in [2.75, 3.05) is 6.54 Å². The van der Waals surface area contributed by atoms with Gasteiger partial charge in [0.25, 0.3) is 0 Å². The molecule has 3 atom stereocenters. The van der Waals surface area contributed by atoms with Crippen LogP contribution in [-0.4, -0.2) is 35.4 Å². The van der Waals surface area contributed by atoms with E-state index in [-0.39, 0.29) is 12.5 Å². The molecule has 0 saturated heterocycles. The van der Waals surface area contributed by atoms with Crippen LogP contribution in [0.3, 0.4) is 0 Å². The molecule has 20 heavy (non-hydrogen) atoms. The predicted octanol–water partition coefficient (Wildman–Crippen LogP) is 2.13. The average Bonchev–Trinajstić information content (AvgIpc) is 2.70. The second kappa shape index (κ2) is 5.88. The van der Waals surface area contributed by atoms with E-state index in [1.807, 2.05) is 0 Å². The number of carbonyl (C=O) groups excluding carboxylic acids is 1. The van der Waals surface area contributed by atoms with Gasteiger partial charge < -0.3 is 15.7 Å². The van der Waals surface area contributed by atoms with E-state index in [0.29, 0.717) is 12.8 Å². The number of aliphatic carboxylic acids is 1. The molecular formula is C12H19F3N2O3. The van der Waals surface area contributed by atoms with Gasteiger partial charge in [-0.25, -0.2) is 9.59 Å². The van der Waals surface area contributed by atoms with Crippen molar-refractivity contribution in [3.8, 4) is 0 Å². The SMILES string of the molecule is CC1CCC(CNC(=O)NC(C)(C(=O)O)C(F)(F)F)C1. The summed E-state index contributed by atoms with van der Waals surface area (Å²) < 4.78 is 38.1. The van der Waals surface area contributed by atoms with Gasteiger partial charge in [-0.05, 0) is 31.6 Å². The van der Waals surface area contributed by atoms with E-state index in [2.05, 4.69) is 12.2 Å². The first kappa shape index (κ1) is 16.6. The van der Waals surface area contributed by atoms with Crippen molar-refractivity contribution in [2.24, 2.45) is 11.8 Å². The zero-order chi connectivity index (χ0) is 15.6. The van der Waals surface area contributed by atoms with E-state index in [9.17, 15) is 22.8 Å². The highest BCUT2D eigenvalue weighted by atomic mass is 19.4. The van der Waals surface area contributed by atoms with Gasteiger partial charge in [-0.3, -0.25) is 0 Å². The van der Waals surface area contributed by atoms with Crippen LogP contribution in [0.25, 0.3) is 0 Å². The average molecular weight is 296 g/mol. The van der Waals surface area contributed by atoms with Crippen molar-refractivity contribution in [3.05, 3.63) is 0 Å². The van der Waals surface area contributed by atoms with Crippen LogP contribution in [0.4, 0.5) is 18.0 Å². The summed E-state index contributed by atoms with van der Waals surface area (Å²) in [7, 11) is 0. The van der Waals surface area contributed by atoms with E-state index in [0.717, 1.165) is 19.3 Å². The van der Waals surface area contributed by atoms with Crippen molar-refractivity contribution >= 4 is 12.0 Å². The Balaban J connectivity index is 2.53. The molecule has 3 N–H and O–H groups in total. The molecule has 0 spiro atoms. The van der Waals surface area contributed by atoms with Crippen LogP contribution in [0, 0.1) is 11.8 Å². The summed E-state index contributed by atoms with van der Waals surface area (Å²) in [4.78, 5) is 22.2. The van der Waals surface area contributed by atoms with Gasteiger partial charge in [-0.15, -0.1) is 0 Å². The van der Waals surface area contributed by atoms with Crippen molar-refractivity contribution in [3.63, 3.8) is 0 Å². The van der Waals surface area contributed by atoms with Crippen LogP contribution in [0.15, 0.2) is 0 Å². The van der Waals surface area contributed by atoms with Crippen LogP contribution in [0.5, 0.6) is 0 Å². The largest absolute Gasteiger partial charge is 0.479 e. The van der Waals surface area contributed by atoms with Gasteiger partial charge in [0.05, 0.1) is 0 Å². The minimum atomic E-state index is -5.07. The fourth-order valence-corrected chi connectivity index (χ4v) is 2.26. The molecule has 0 radical (unpaired) electrons. The molecule has 0 aromatic carbocycles. The van der Waals surface area contributed by atoms with Crippen LogP contribution in [-0.2, 0) is 4.79 Å². The van der Waals surface area contributed by atoms with Gasteiger partial charge in [0.2, 0.25) is 5.54 Å². The van der Waals surface area contributed by atoms with Crippen molar-refractivity contribution in [1.29, 1.82) is 0 Å². The first-order valence-electron chi connectivity index (χ1n) is 6.42. The fraction of sp³-hybridized carbons (Fsp3) is 0.833. The Morgan fingerprint density at radius 3 is 2.30 bits per heavy atom. The minimum absolute atomic E-state index is 0.234. The molecule has 0 bridgehead atoms.